The number of rotatable bonds is 3. The Bertz CT molecular complexity index is 1510. The zero-order chi connectivity index (χ0) is 20.1. The molecule has 8 heteroatoms. The standard InChI is InChI=1S/C22H15N7S/c23-14-5-13(7-24-8-14)17-1-2-18-21(27-17)22(29-28-18)19-6-15-16(12-3-4-30-11-12)9-25-10-20(15)26-19/h1-11,26H,23H2,(H,28,29). The van der Waals surface area contributed by atoms with Crippen molar-refractivity contribution in [3.8, 4) is 33.8 Å². The molecule has 0 atom stereocenters. The summed E-state index contributed by atoms with van der Waals surface area (Å²) < 4.78 is 0. The smallest absolute Gasteiger partial charge is 0.135 e. The molecule has 0 fully saturated rings. The first-order valence-corrected chi connectivity index (χ1v) is 10.3. The Morgan fingerprint density at radius 3 is 2.70 bits per heavy atom. The Morgan fingerprint density at radius 1 is 0.900 bits per heavy atom. The molecule has 0 aliphatic carbocycles. The van der Waals surface area contributed by atoms with Crippen LogP contribution in [0.15, 0.2) is 65.9 Å². The third-order valence-electron chi connectivity index (χ3n) is 5.10. The number of nitrogen functional groups attached to an aromatic ring is 1. The van der Waals surface area contributed by atoms with E-state index in [4.69, 9.17) is 10.7 Å². The number of pyridine rings is 3. The maximum Gasteiger partial charge on any atom is 0.135 e. The van der Waals surface area contributed by atoms with Gasteiger partial charge in [-0.3, -0.25) is 15.1 Å². The molecule has 0 saturated carbocycles. The van der Waals surface area contributed by atoms with Crippen LogP contribution in [0, 0.1) is 0 Å². The third-order valence-corrected chi connectivity index (χ3v) is 5.78. The van der Waals surface area contributed by atoms with Crippen LogP contribution in [0.4, 0.5) is 5.69 Å². The van der Waals surface area contributed by atoms with E-state index in [0.29, 0.717) is 5.69 Å². The summed E-state index contributed by atoms with van der Waals surface area (Å²) in [6.07, 6.45) is 7.11. The van der Waals surface area contributed by atoms with E-state index in [-0.39, 0.29) is 0 Å². The lowest BCUT2D eigenvalue weighted by atomic mass is 10.1. The van der Waals surface area contributed by atoms with Crippen LogP contribution >= 0.6 is 11.3 Å². The van der Waals surface area contributed by atoms with Gasteiger partial charge in [0, 0.05) is 35.1 Å². The number of nitrogens with one attached hydrogen (secondary N) is 2. The average Bonchev–Trinajstić information content (AvgIpc) is 3.51. The van der Waals surface area contributed by atoms with E-state index in [0.717, 1.165) is 55.7 Å². The lowest BCUT2D eigenvalue weighted by Gasteiger charge is -2.02. The Hall–Kier alpha value is -4.04. The maximum absolute atomic E-state index is 5.89. The fourth-order valence-corrected chi connectivity index (χ4v) is 4.33. The van der Waals surface area contributed by atoms with Crippen LogP contribution in [0.25, 0.3) is 55.7 Å². The predicted octanol–water partition coefficient (Wildman–Crippen LogP) is 4.87. The number of H-pyrrole nitrogens is 2. The highest BCUT2D eigenvalue weighted by Crippen LogP contribution is 2.34. The first-order valence-electron chi connectivity index (χ1n) is 9.32. The molecule has 30 heavy (non-hydrogen) atoms. The number of hydrogen-bond donors (Lipinski definition) is 3. The number of nitrogens with zero attached hydrogens (tertiary/aromatic N) is 4. The Labute approximate surface area is 174 Å². The molecule has 6 aromatic rings. The van der Waals surface area contributed by atoms with Crippen molar-refractivity contribution in [1.29, 1.82) is 0 Å². The number of hydrogen-bond acceptors (Lipinski definition) is 6. The van der Waals surface area contributed by atoms with Gasteiger partial charge in [0.25, 0.3) is 0 Å². The predicted molar refractivity (Wildman–Crippen MR) is 120 cm³/mol. The van der Waals surface area contributed by atoms with Crippen LogP contribution in [0.2, 0.25) is 0 Å². The van der Waals surface area contributed by atoms with Gasteiger partial charge in [-0.2, -0.15) is 16.4 Å². The van der Waals surface area contributed by atoms with Gasteiger partial charge in [-0.1, -0.05) is 0 Å². The van der Waals surface area contributed by atoms with Crippen LogP contribution < -0.4 is 5.73 Å². The lowest BCUT2D eigenvalue weighted by Crippen LogP contribution is -1.90. The number of thiophene rings is 1. The molecule has 0 radical (unpaired) electrons. The highest BCUT2D eigenvalue weighted by molar-refractivity contribution is 7.08. The van der Waals surface area contributed by atoms with Crippen LogP contribution in [-0.4, -0.2) is 30.1 Å². The van der Waals surface area contributed by atoms with Gasteiger partial charge in [0.2, 0.25) is 0 Å². The quantitative estimate of drug-likeness (QED) is 0.386. The molecule has 6 heterocycles. The van der Waals surface area contributed by atoms with Crippen molar-refractivity contribution in [2.45, 2.75) is 0 Å². The zero-order valence-corrected chi connectivity index (χ0v) is 16.4. The van der Waals surface area contributed by atoms with E-state index in [1.807, 2.05) is 30.6 Å². The summed E-state index contributed by atoms with van der Waals surface area (Å²) in [5, 5.41) is 12.9. The number of anilines is 1. The summed E-state index contributed by atoms with van der Waals surface area (Å²) in [6.45, 7) is 0. The molecule has 0 bridgehead atoms. The second kappa shape index (κ2) is 6.50. The minimum absolute atomic E-state index is 0.603. The average molecular weight is 409 g/mol. The Kier molecular flexibility index (Phi) is 3.65. The molecule has 0 aromatic carbocycles. The highest BCUT2D eigenvalue weighted by Gasteiger charge is 2.16. The number of aromatic nitrogens is 6. The summed E-state index contributed by atoms with van der Waals surface area (Å²) in [4.78, 5) is 16.9. The molecule has 0 aliphatic rings. The Morgan fingerprint density at radius 2 is 1.83 bits per heavy atom. The van der Waals surface area contributed by atoms with E-state index in [9.17, 15) is 0 Å². The fourth-order valence-electron chi connectivity index (χ4n) is 3.67. The molecule has 7 nitrogen and oxygen atoms in total. The van der Waals surface area contributed by atoms with Crippen LogP contribution in [0.5, 0.6) is 0 Å². The van der Waals surface area contributed by atoms with Gasteiger partial charge in [-0.25, -0.2) is 4.98 Å². The maximum atomic E-state index is 5.89. The zero-order valence-electron chi connectivity index (χ0n) is 15.6. The molecule has 0 saturated heterocycles. The van der Waals surface area contributed by atoms with Gasteiger partial charge in [-0.05, 0) is 46.7 Å². The van der Waals surface area contributed by atoms with Gasteiger partial charge < -0.3 is 10.7 Å². The van der Waals surface area contributed by atoms with Gasteiger partial charge in [0.15, 0.2) is 0 Å². The second-order valence-corrected chi connectivity index (χ2v) is 7.80. The molecule has 6 rings (SSSR count). The monoisotopic (exact) mass is 409 g/mol. The van der Waals surface area contributed by atoms with Crippen LogP contribution in [-0.2, 0) is 0 Å². The van der Waals surface area contributed by atoms with E-state index in [1.54, 1.807) is 23.7 Å². The topological polar surface area (TPSA) is 109 Å². The van der Waals surface area contributed by atoms with Crippen LogP contribution in [0.1, 0.15) is 0 Å². The minimum atomic E-state index is 0.603. The molecule has 6 aromatic heterocycles. The van der Waals surface area contributed by atoms with Crippen molar-refractivity contribution in [2.75, 3.05) is 5.73 Å². The summed E-state index contributed by atoms with van der Waals surface area (Å²) in [7, 11) is 0. The molecule has 0 unspecified atom stereocenters. The van der Waals surface area contributed by atoms with Crippen molar-refractivity contribution in [2.24, 2.45) is 0 Å². The molecular weight excluding hydrogens is 394 g/mol. The molecule has 0 aliphatic heterocycles. The lowest BCUT2D eigenvalue weighted by molar-refractivity contribution is 1.12. The van der Waals surface area contributed by atoms with Gasteiger partial charge >= 0.3 is 0 Å². The van der Waals surface area contributed by atoms with Gasteiger partial charge in [-0.15, -0.1) is 0 Å². The van der Waals surface area contributed by atoms with Crippen molar-refractivity contribution < 1.29 is 0 Å². The Balaban J connectivity index is 1.52. The summed E-state index contributed by atoms with van der Waals surface area (Å²) in [5.41, 5.74) is 14.7. The first kappa shape index (κ1) is 16.9. The van der Waals surface area contributed by atoms with E-state index >= 15 is 0 Å². The summed E-state index contributed by atoms with van der Waals surface area (Å²) in [5.74, 6) is 0. The normalized spacial score (nSPS) is 11.5. The van der Waals surface area contributed by atoms with Crippen LogP contribution in [0.3, 0.4) is 0 Å². The van der Waals surface area contributed by atoms with Gasteiger partial charge in [0.1, 0.15) is 11.2 Å². The summed E-state index contributed by atoms with van der Waals surface area (Å²) in [6, 6.07) is 9.98. The molecular formula is C22H15N7S. The SMILES string of the molecule is Nc1cncc(-c2ccc3[nH]nc(-c4cc5c(-c6ccsc6)cncc5[nH]4)c3n2)c1. The minimum Gasteiger partial charge on any atom is -0.397 e. The van der Waals surface area contributed by atoms with Crippen molar-refractivity contribution in [3.63, 3.8) is 0 Å². The molecule has 144 valence electrons. The number of nitrogens with two attached hydrogens (primary N) is 1. The number of aromatic amines is 2. The molecule has 0 amide bonds. The van der Waals surface area contributed by atoms with E-state index < -0.39 is 0 Å². The molecule has 4 N–H and O–H groups in total. The van der Waals surface area contributed by atoms with E-state index in [1.165, 1.54) is 0 Å². The van der Waals surface area contributed by atoms with E-state index in [2.05, 4.69) is 48.0 Å². The molecule has 0 spiro atoms. The third kappa shape index (κ3) is 2.66. The summed E-state index contributed by atoms with van der Waals surface area (Å²) >= 11 is 1.67. The first-order chi connectivity index (χ1) is 14.8. The second-order valence-electron chi connectivity index (χ2n) is 7.02. The van der Waals surface area contributed by atoms with Crippen molar-refractivity contribution in [1.82, 2.24) is 30.1 Å². The fraction of sp³-hybridized carbons (Fsp3) is 0. The largest absolute Gasteiger partial charge is 0.397 e. The number of fused-ring (bicyclic) bond motifs is 2. The highest BCUT2D eigenvalue weighted by atomic mass is 32.1. The van der Waals surface area contributed by atoms with Crippen molar-refractivity contribution in [3.05, 3.63) is 65.9 Å². The van der Waals surface area contributed by atoms with Crippen molar-refractivity contribution >= 4 is 39.0 Å². The van der Waals surface area contributed by atoms with Gasteiger partial charge in [0.05, 0.1) is 34.3 Å².